The predicted molar refractivity (Wildman–Crippen MR) is 104 cm³/mol. The van der Waals surface area contributed by atoms with Crippen molar-refractivity contribution in [2.75, 3.05) is 40.8 Å². The third kappa shape index (κ3) is 16.2. The van der Waals surface area contributed by atoms with Gasteiger partial charge in [0.05, 0.1) is 0 Å². The van der Waals surface area contributed by atoms with E-state index in [1.807, 2.05) is 27.7 Å². The van der Waals surface area contributed by atoms with Crippen LogP contribution in [0.4, 0.5) is 0 Å². The van der Waals surface area contributed by atoms with Crippen LogP contribution < -0.4 is 5.32 Å². The first-order valence-electron chi connectivity index (χ1n) is 8.66. The van der Waals surface area contributed by atoms with Crippen LogP contribution in [-0.4, -0.2) is 79.7 Å². The number of hydrogen-bond acceptors (Lipinski definition) is 4. The van der Waals surface area contributed by atoms with Gasteiger partial charge in [-0.05, 0) is 14.0 Å². The normalized spacial score (nSPS) is 9.58. The third-order valence-corrected chi connectivity index (χ3v) is 3.02. The topological polar surface area (TPSA) is 73.0 Å². The molecule has 26 heavy (non-hydrogen) atoms. The number of allylic oxidation sites excluding steroid dienone is 1. The summed E-state index contributed by atoms with van der Waals surface area (Å²) in [6.45, 7) is 16.0. The number of nitrogens with zero attached hydrogens (tertiary/aromatic N) is 3. The van der Waals surface area contributed by atoms with Crippen LogP contribution in [0.5, 0.6) is 0 Å². The molecule has 1 unspecified atom stereocenters. The number of likely N-dealkylation sites (N-methyl/N-ethyl adjacent to an activating group) is 3. The molecular weight excluding hydrogens is 501 g/mol. The molecule has 7 nitrogen and oxygen atoms in total. The molecule has 0 bridgehead atoms. The molecule has 153 valence electrons. The molecule has 1 atom stereocenters. The molecule has 0 aromatic heterocycles. The first kappa shape index (κ1) is 32.4. The van der Waals surface area contributed by atoms with Gasteiger partial charge >= 0.3 is 0 Å². The summed E-state index contributed by atoms with van der Waals surface area (Å²) in [5, 5.41) is 2.98. The van der Waals surface area contributed by atoms with Gasteiger partial charge in [0, 0.05) is 68.7 Å². The van der Waals surface area contributed by atoms with Crippen LogP contribution >= 0.6 is 0 Å². The maximum absolute atomic E-state index is 12.4. The second kappa shape index (κ2) is 20.0. The molecule has 0 saturated heterocycles. The van der Waals surface area contributed by atoms with Crippen LogP contribution in [0, 0.1) is 0 Å². The molecular formula is C18H37N4O3Ta-. The maximum Gasteiger partial charge on any atom is 0.246 e. The summed E-state index contributed by atoms with van der Waals surface area (Å²) in [7, 11) is 4.89. The zero-order valence-corrected chi connectivity index (χ0v) is 21.1. The zero-order valence-electron chi connectivity index (χ0n) is 17.9. The number of carbonyl (C=O) groups is 2. The van der Waals surface area contributed by atoms with Crippen molar-refractivity contribution in [3.05, 3.63) is 12.3 Å². The van der Waals surface area contributed by atoms with Crippen LogP contribution in [0.1, 0.15) is 41.5 Å². The van der Waals surface area contributed by atoms with Crippen molar-refractivity contribution in [3.63, 3.8) is 0 Å². The van der Waals surface area contributed by atoms with Crippen molar-refractivity contribution >= 4 is 18.2 Å². The van der Waals surface area contributed by atoms with Gasteiger partial charge in [-0.15, -0.1) is 0 Å². The molecule has 0 saturated carbocycles. The van der Waals surface area contributed by atoms with Crippen LogP contribution in [0.25, 0.3) is 0 Å². The van der Waals surface area contributed by atoms with Gasteiger partial charge < -0.3 is 24.8 Å². The van der Waals surface area contributed by atoms with Gasteiger partial charge in [0.1, 0.15) is 6.04 Å². The Labute approximate surface area is 175 Å². The molecule has 0 heterocycles. The van der Waals surface area contributed by atoms with Crippen LogP contribution in [-0.2, 0) is 36.8 Å². The Morgan fingerprint density at radius 2 is 1.46 bits per heavy atom. The summed E-state index contributed by atoms with van der Waals surface area (Å²) >= 11 is 0. The molecule has 0 rings (SSSR count). The first-order valence-corrected chi connectivity index (χ1v) is 8.66. The van der Waals surface area contributed by atoms with E-state index < -0.39 is 6.04 Å². The molecule has 0 spiro atoms. The molecule has 0 fully saturated rings. The molecule has 0 aliphatic carbocycles. The number of rotatable bonds is 9. The molecule has 0 aliphatic heterocycles. The Morgan fingerprint density at radius 1 is 1.00 bits per heavy atom. The van der Waals surface area contributed by atoms with Crippen molar-refractivity contribution in [2.24, 2.45) is 0 Å². The minimum Gasteiger partial charge on any atom is -0.520 e. The largest absolute Gasteiger partial charge is 0.520 e. The predicted octanol–water partition coefficient (Wildman–Crippen LogP) is 1.46. The van der Waals surface area contributed by atoms with Gasteiger partial charge in [-0.3, -0.25) is 9.59 Å². The van der Waals surface area contributed by atoms with E-state index in [4.69, 9.17) is 0 Å². The van der Waals surface area contributed by atoms with Crippen LogP contribution in [0.2, 0.25) is 0 Å². The fourth-order valence-electron chi connectivity index (χ4n) is 1.61. The summed E-state index contributed by atoms with van der Waals surface area (Å²) in [6, 6.07) is -0.563. The third-order valence-electron chi connectivity index (χ3n) is 3.02. The van der Waals surface area contributed by atoms with Crippen molar-refractivity contribution in [1.29, 1.82) is 0 Å². The van der Waals surface area contributed by atoms with Gasteiger partial charge in [0.25, 0.3) is 0 Å². The van der Waals surface area contributed by atoms with Gasteiger partial charge in [-0.1, -0.05) is 34.3 Å². The van der Waals surface area contributed by atoms with E-state index in [1.54, 1.807) is 34.5 Å². The standard InChI is InChI=1S/C14H25N4O3.2C2H6.Ta/c1-11(2)15-13(9-18(6)12(3)20)14(21)17(5)8-7-16(4)10-19;2*1-2;/h13,15H,1,7-9H2,2-6H3;2*1-2H3;/q-1;;;. The minimum absolute atomic E-state index is 0. The van der Waals surface area contributed by atoms with E-state index >= 15 is 0 Å². The molecule has 0 aromatic carbocycles. The maximum atomic E-state index is 12.4. The summed E-state index contributed by atoms with van der Waals surface area (Å²) in [5.74, 6) is -0.278. The average Bonchev–Trinajstić information content (AvgIpc) is 2.60. The van der Waals surface area contributed by atoms with Crippen LogP contribution in [0.3, 0.4) is 0 Å². The van der Waals surface area contributed by atoms with Gasteiger partial charge in [0.2, 0.25) is 11.8 Å². The average molecular weight is 538 g/mol. The quantitative estimate of drug-likeness (QED) is 0.357. The van der Waals surface area contributed by atoms with Gasteiger partial charge in [-0.2, -0.15) is 6.41 Å². The number of hydrogen-bond donors (Lipinski definition) is 1. The second-order valence-electron chi connectivity index (χ2n) is 5.15. The summed E-state index contributed by atoms with van der Waals surface area (Å²) in [6.07, 6.45) is 1.73. The van der Waals surface area contributed by atoms with E-state index in [-0.39, 0.29) is 40.7 Å². The molecule has 8 heteroatoms. The van der Waals surface area contributed by atoms with E-state index in [9.17, 15) is 14.4 Å². The molecule has 0 aliphatic rings. The minimum atomic E-state index is -0.563. The van der Waals surface area contributed by atoms with Crippen molar-refractivity contribution in [3.8, 4) is 0 Å². The molecule has 1 radical (unpaired) electrons. The Balaban J connectivity index is -0.000000449. The van der Waals surface area contributed by atoms with Gasteiger partial charge in [0.15, 0.2) is 0 Å². The summed E-state index contributed by atoms with van der Waals surface area (Å²) in [4.78, 5) is 38.5. The Kier molecular flexibility index (Phi) is 24.9. The van der Waals surface area contributed by atoms with E-state index in [2.05, 4.69) is 11.9 Å². The van der Waals surface area contributed by atoms with Crippen molar-refractivity contribution < 1.29 is 36.8 Å². The van der Waals surface area contributed by atoms with E-state index in [0.717, 1.165) is 0 Å². The fraction of sp³-hybridized carbons (Fsp3) is 0.722. The van der Waals surface area contributed by atoms with Crippen molar-refractivity contribution in [1.82, 2.24) is 20.0 Å². The second-order valence-corrected chi connectivity index (χ2v) is 5.15. The number of nitrogens with one attached hydrogen (secondary N) is 1. The van der Waals surface area contributed by atoms with Crippen LogP contribution in [0.15, 0.2) is 12.3 Å². The summed E-state index contributed by atoms with van der Waals surface area (Å²) in [5.41, 5.74) is 0.650. The first-order chi connectivity index (χ1) is 11.7. The van der Waals surface area contributed by atoms with E-state index in [0.29, 0.717) is 18.8 Å². The molecule has 1 N–H and O–H groups in total. The van der Waals surface area contributed by atoms with Gasteiger partial charge in [-0.25, -0.2) is 0 Å². The molecule has 0 aromatic rings. The smallest absolute Gasteiger partial charge is 0.246 e. The SMILES string of the molecule is C=C(C)NC(CN(C)C(C)=O)C(=O)N(C)CCN(C)[C-]=O.CC.CC.[Ta]. The fourth-order valence-corrected chi connectivity index (χ4v) is 1.61. The van der Waals surface area contributed by atoms with Crippen molar-refractivity contribution in [2.45, 2.75) is 47.6 Å². The molecule has 3 amide bonds. The Morgan fingerprint density at radius 3 is 1.81 bits per heavy atom. The Bertz CT molecular complexity index is 406. The Hall–Kier alpha value is -1.31. The zero-order chi connectivity index (χ0) is 20.6. The number of carbonyl (C=O) groups excluding carboxylic acids is 3. The monoisotopic (exact) mass is 538 g/mol. The van der Waals surface area contributed by atoms with E-state index in [1.165, 1.54) is 21.6 Å². The number of amides is 3. The summed E-state index contributed by atoms with van der Waals surface area (Å²) < 4.78 is 0.